The molecule has 0 radical (unpaired) electrons. The fourth-order valence-electron chi connectivity index (χ4n) is 2.73. The maximum Gasteiger partial charge on any atom is 0.125 e. The largest absolute Gasteiger partial charge is 0.467 e. The normalized spacial score (nSPS) is 16.7. The lowest BCUT2D eigenvalue weighted by Gasteiger charge is -2.31. The zero-order valence-corrected chi connectivity index (χ0v) is 12.4. The summed E-state index contributed by atoms with van der Waals surface area (Å²) < 4.78 is 11.0. The van der Waals surface area contributed by atoms with Crippen molar-refractivity contribution in [1.82, 2.24) is 0 Å². The highest BCUT2D eigenvalue weighted by molar-refractivity contribution is 5.70. The number of furan rings is 1. The van der Waals surface area contributed by atoms with Crippen LogP contribution in [0.5, 0.6) is 0 Å². The minimum absolute atomic E-state index is 0.196. The Morgan fingerprint density at radius 2 is 1.95 bits per heavy atom. The van der Waals surface area contributed by atoms with Gasteiger partial charge in [-0.05, 0) is 30.7 Å². The van der Waals surface area contributed by atoms with E-state index in [1.165, 1.54) is 5.69 Å². The van der Waals surface area contributed by atoms with Gasteiger partial charge in [0.2, 0.25) is 0 Å². The van der Waals surface area contributed by atoms with E-state index in [4.69, 9.17) is 9.15 Å². The maximum atomic E-state index is 5.55. The molecule has 2 heterocycles. The molecule has 3 rings (SSSR count). The van der Waals surface area contributed by atoms with Crippen molar-refractivity contribution in [1.29, 1.82) is 0 Å². The van der Waals surface area contributed by atoms with Crippen LogP contribution in [-0.4, -0.2) is 26.3 Å². The summed E-state index contributed by atoms with van der Waals surface area (Å²) in [6.45, 7) is 5.64. The molecule has 2 aromatic rings. The molecule has 0 aliphatic carbocycles. The first-order valence-electron chi connectivity index (χ1n) is 7.60. The van der Waals surface area contributed by atoms with Crippen LogP contribution in [0.2, 0.25) is 0 Å². The zero-order valence-electron chi connectivity index (χ0n) is 12.4. The lowest BCUT2D eigenvalue weighted by Crippen LogP contribution is -2.36. The predicted molar refractivity (Wildman–Crippen MR) is 84.8 cm³/mol. The van der Waals surface area contributed by atoms with Crippen molar-refractivity contribution in [3.8, 4) is 0 Å². The summed E-state index contributed by atoms with van der Waals surface area (Å²) in [5.74, 6) is 0.981. The number of hydrogen-bond acceptors (Lipinski definition) is 4. The first kappa shape index (κ1) is 14.0. The van der Waals surface area contributed by atoms with Gasteiger partial charge in [-0.2, -0.15) is 0 Å². The number of anilines is 2. The highest BCUT2D eigenvalue weighted by atomic mass is 16.5. The Balaban J connectivity index is 1.81. The van der Waals surface area contributed by atoms with E-state index in [1.807, 2.05) is 12.1 Å². The predicted octanol–water partition coefficient (Wildman–Crippen LogP) is 3.68. The Morgan fingerprint density at radius 1 is 1.14 bits per heavy atom. The molecule has 0 spiro atoms. The minimum atomic E-state index is 0.196. The van der Waals surface area contributed by atoms with Gasteiger partial charge in [-0.25, -0.2) is 0 Å². The van der Waals surface area contributed by atoms with Crippen molar-refractivity contribution < 1.29 is 9.15 Å². The SMILES string of the molecule is CCC(Nc1ccccc1N1CCOCC1)c1ccco1. The molecule has 1 N–H and O–H groups in total. The molecular weight excluding hydrogens is 264 g/mol. The lowest BCUT2D eigenvalue weighted by atomic mass is 10.1. The highest BCUT2D eigenvalue weighted by Crippen LogP contribution is 2.31. The van der Waals surface area contributed by atoms with E-state index in [0.29, 0.717) is 0 Å². The fraction of sp³-hybridized carbons (Fsp3) is 0.412. The molecule has 4 nitrogen and oxygen atoms in total. The van der Waals surface area contributed by atoms with Gasteiger partial charge in [0, 0.05) is 13.1 Å². The molecule has 1 unspecified atom stereocenters. The first-order valence-corrected chi connectivity index (χ1v) is 7.60. The number of ether oxygens (including phenoxy) is 1. The van der Waals surface area contributed by atoms with Crippen molar-refractivity contribution in [2.45, 2.75) is 19.4 Å². The highest BCUT2D eigenvalue weighted by Gasteiger charge is 2.17. The van der Waals surface area contributed by atoms with Gasteiger partial charge in [0.05, 0.1) is 36.9 Å². The summed E-state index contributed by atoms with van der Waals surface area (Å²) in [6.07, 6.45) is 2.71. The number of nitrogens with one attached hydrogen (secondary N) is 1. The van der Waals surface area contributed by atoms with Crippen molar-refractivity contribution in [3.05, 3.63) is 48.4 Å². The molecule has 0 amide bonds. The van der Waals surface area contributed by atoms with Gasteiger partial charge in [-0.15, -0.1) is 0 Å². The number of morpholine rings is 1. The quantitative estimate of drug-likeness (QED) is 0.910. The van der Waals surface area contributed by atoms with Crippen LogP contribution < -0.4 is 10.2 Å². The molecule has 1 aromatic carbocycles. The van der Waals surface area contributed by atoms with Crippen LogP contribution in [0.3, 0.4) is 0 Å². The van der Waals surface area contributed by atoms with Gasteiger partial charge in [0.25, 0.3) is 0 Å². The number of rotatable bonds is 5. The van der Waals surface area contributed by atoms with Crippen LogP contribution in [0.15, 0.2) is 47.1 Å². The average Bonchev–Trinajstić information content (AvgIpc) is 3.08. The van der Waals surface area contributed by atoms with E-state index >= 15 is 0 Å². The second-order valence-electron chi connectivity index (χ2n) is 5.24. The van der Waals surface area contributed by atoms with E-state index in [1.54, 1.807) is 6.26 Å². The van der Waals surface area contributed by atoms with Crippen LogP contribution in [0.4, 0.5) is 11.4 Å². The third kappa shape index (κ3) is 3.22. The fourth-order valence-corrected chi connectivity index (χ4v) is 2.73. The van der Waals surface area contributed by atoms with Crippen LogP contribution in [-0.2, 0) is 4.74 Å². The van der Waals surface area contributed by atoms with Crippen molar-refractivity contribution in [3.63, 3.8) is 0 Å². The summed E-state index contributed by atoms with van der Waals surface area (Å²) in [7, 11) is 0. The standard InChI is InChI=1S/C17H22N2O2/c1-2-14(17-8-5-11-21-17)18-15-6-3-4-7-16(15)19-9-12-20-13-10-19/h3-8,11,14,18H,2,9-10,12-13H2,1H3. The summed E-state index contributed by atoms with van der Waals surface area (Å²) >= 11 is 0. The first-order chi connectivity index (χ1) is 10.4. The molecule has 1 aliphatic rings. The third-order valence-electron chi connectivity index (χ3n) is 3.88. The molecule has 21 heavy (non-hydrogen) atoms. The van der Waals surface area contributed by atoms with Gasteiger partial charge >= 0.3 is 0 Å². The van der Waals surface area contributed by atoms with Crippen LogP contribution in [0, 0.1) is 0 Å². The van der Waals surface area contributed by atoms with Crippen molar-refractivity contribution >= 4 is 11.4 Å². The summed E-state index contributed by atoms with van der Waals surface area (Å²) in [4.78, 5) is 2.38. The van der Waals surface area contributed by atoms with E-state index in [0.717, 1.165) is 44.2 Å². The molecule has 1 fully saturated rings. The topological polar surface area (TPSA) is 37.6 Å². The molecule has 4 heteroatoms. The monoisotopic (exact) mass is 286 g/mol. The van der Waals surface area contributed by atoms with E-state index in [9.17, 15) is 0 Å². The molecule has 1 aliphatic heterocycles. The zero-order chi connectivity index (χ0) is 14.5. The number of benzene rings is 1. The molecule has 1 atom stereocenters. The number of para-hydroxylation sites is 2. The van der Waals surface area contributed by atoms with Crippen LogP contribution in [0.1, 0.15) is 25.1 Å². The Labute approximate surface area is 125 Å². The van der Waals surface area contributed by atoms with E-state index in [2.05, 4.69) is 41.4 Å². The summed E-state index contributed by atoms with van der Waals surface area (Å²) in [5, 5.41) is 3.62. The van der Waals surface area contributed by atoms with Gasteiger partial charge in [0.15, 0.2) is 0 Å². The van der Waals surface area contributed by atoms with E-state index < -0.39 is 0 Å². The molecule has 112 valence electrons. The average molecular weight is 286 g/mol. The second kappa shape index (κ2) is 6.68. The third-order valence-corrected chi connectivity index (χ3v) is 3.88. The Bertz CT molecular complexity index is 548. The van der Waals surface area contributed by atoms with Gasteiger partial charge < -0.3 is 19.4 Å². The van der Waals surface area contributed by atoms with Gasteiger partial charge in [-0.3, -0.25) is 0 Å². The Kier molecular flexibility index (Phi) is 4.46. The molecular formula is C17H22N2O2. The molecule has 0 saturated carbocycles. The summed E-state index contributed by atoms with van der Waals surface area (Å²) in [5.41, 5.74) is 2.40. The van der Waals surface area contributed by atoms with Gasteiger partial charge in [0.1, 0.15) is 5.76 Å². The molecule has 1 aromatic heterocycles. The Morgan fingerprint density at radius 3 is 2.67 bits per heavy atom. The maximum absolute atomic E-state index is 5.55. The van der Waals surface area contributed by atoms with E-state index in [-0.39, 0.29) is 6.04 Å². The van der Waals surface area contributed by atoms with Crippen LogP contribution in [0.25, 0.3) is 0 Å². The number of hydrogen-bond donors (Lipinski definition) is 1. The molecule has 0 bridgehead atoms. The lowest BCUT2D eigenvalue weighted by molar-refractivity contribution is 0.123. The van der Waals surface area contributed by atoms with Crippen LogP contribution >= 0.6 is 0 Å². The Hall–Kier alpha value is -1.94. The molecule has 1 saturated heterocycles. The van der Waals surface area contributed by atoms with Crippen molar-refractivity contribution in [2.75, 3.05) is 36.5 Å². The minimum Gasteiger partial charge on any atom is -0.467 e. The second-order valence-corrected chi connectivity index (χ2v) is 5.24. The number of nitrogens with zero attached hydrogens (tertiary/aromatic N) is 1. The smallest absolute Gasteiger partial charge is 0.125 e. The summed E-state index contributed by atoms with van der Waals surface area (Å²) in [6, 6.07) is 12.6. The van der Waals surface area contributed by atoms with Gasteiger partial charge in [-0.1, -0.05) is 19.1 Å². The van der Waals surface area contributed by atoms with Crippen molar-refractivity contribution in [2.24, 2.45) is 0 Å².